The first-order chi connectivity index (χ1) is 18.3. The summed E-state index contributed by atoms with van der Waals surface area (Å²) in [4.78, 5) is 24.5. The molecule has 4 rings (SSSR count). The molecule has 0 spiro atoms. The number of nitrogens with zero attached hydrogens (tertiary/aromatic N) is 2. The minimum absolute atomic E-state index is 0.0747. The molecule has 0 unspecified atom stereocenters. The highest BCUT2D eigenvalue weighted by Gasteiger charge is 2.22. The number of sulfonamides is 1. The summed E-state index contributed by atoms with van der Waals surface area (Å²) in [7, 11) is -3.73. The third-order valence-electron chi connectivity index (χ3n) is 5.93. The number of carbonyl (C=O) groups excluding carboxylic acids is 2. The van der Waals surface area contributed by atoms with Crippen LogP contribution in [0.3, 0.4) is 0 Å². The van der Waals surface area contributed by atoms with E-state index in [9.17, 15) is 18.0 Å². The van der Waals surface area contributed by atoms with Crippen molar-refractivity contribution < 1.29 is 27.5 Å². The maximum Gasteiger partial charge on any atom is 0.260 e. The van der Waals surface area contributed by atoms with Gasteiger partial charge in [-0.3, -0.25) is 13.9 Å². The van der Waals surface area contributed by atoms with Gasteiger partial charge in [-0.15, -0.1) is 0 Å². The maximum atomic E-state index is 12.5. The Morgan fingerprint density at radius 1 is 1.08 bits per heavy atom. The van der Waals surface area contributed by atoms with Crippen LogP contribution in [0.4, 0.5) is 5.69 Å². The Balaban J connectivity index is 1.28. The first kappa shape index (κ1) is 27.1. The van der Waals surface area contributed by atoms with Crippen molar-refractivity contribution in [3.63, 3.8) is 0 Å². The molecule has 1 atom stereocenters. The van der Waals surface area contributed by atoms with Crippen LogP contribution in [0.15, 0.2) is 71.8 Å². The summed E-state index contributed by atoms with van der Waals surface area (Å²) in [6, 6.07) is 19.4. The fourth-order valence-electron chi connectivity index (χ4n) is 4.03. The molecule has 3 aromatic rings. The molecular formula is C27H30N4O6S. The molecular weight excluding hydrogens is 508 g/mol. The van der Waals surface area contributed by atoms with Crippen LogP contribution in [0.25, 0.3) is 10.8 Å². The largest absolute Gasteiger partial charge is 0.484 e. The lowest BCUT2D eigenvalue weighted by molar-refractivity contribution is -0.123. The van der Waals surface area contributed by atoms with E-state index in [4.69, 9.17) is 9.47 Å². The molecule has 200 valence electrons. The van der Waals surface area contributed by atoms with Crippen LogP contribution in [0, 0.1) is 0 Å². The zero-order valence-electron chi connectivity index (χ0n) is 21.0. The van der Waals surface area contributed by atoms with Gasteiger partial charge in [0.2, 0.25) is 10.0 Å². The average Bonchev–Trinajstić information content (AvgIpc) is 3.43. The molecule has 2 N–H and O–H groups in total. The van der Waals surface area contributed by atoms with E-state index in [1.54, 1.807) is 36.4 Å². The van der Waals surface area contributed by atoms with E-state index in [0.29, 0.717) is 23.5 Å². The molecule has 0 radical (unpaired) electrons. The Kier molecular flexibility index (Phi) is 8.93. The minimum Gasteiger partial charge on any atom is -0.484 e. The Labute approximate surface area is 221 Å². The quantitative estimate of drug-likeness (QED) is 0.285. The number of anilines is 1. The van der Waals surface area contributed by atoms with Crippen LogP contribution in [0.5, 0.6) is 5.75 Å². The lowest BCUT2D eigenvalue weighted by Gasteiger charge is -2.23. The standard InChI is InChI=1S/C27H30N4O6S/c1-38(34,35)31(25-10-4-7-21-6-2-3-9-24(21)25)18-26(32)30-29-16-20-11-13-22(14-12-20)37-19-27(33)28-17-23-8-5-15-36-23/h2-4,6-7,9-14,16,23H,5,8,15,17-19H2,1H3,(H,28,33)(H,30,32)/b29-16-/t23-/m0/s1. The van der Waals surface area contributed by atoms with Gasteiger partial charge in [0, 0.05) is 18.5 Å². The Hall–Kier alpha value is -3.96. The third-order valence-corrected chi connectivity index (χ3v) is 7.05. The van der Waals surface area contributed by atoms with E-state index >= 15 is 0 Å². The lowest BCUT2D eigenvalue weighted by atomic mass is 10.1. The number of hydrogen-bond donors (Lipinski definition) is 2. The monoisotopic (exact) mass is 538 g/mol. The van der Waals surface area contributed by atoms with Crippen LogP contribution in [0.1, 0.15) is 18.4 Å². The minimum atomic E-state index is -3.73. The van der Waals surface area contributed by atoms with Crippen molar-refractivity contribution in [3.8, 4) is 5.75 Å². The maximum absolute atomic E-state index is 12.5. The summed E-state index contributed by atoms with van der Waals surface area (Å²) in [5.41, 5.74) is 3.47. The Bertz CT molecular complexity index is 1400. The van der Waals surface area contributed by atoms with Crippen molar-refractivity contribution in [1.29, 1.82) is 0 Å². The van der Waals surface area contributed by atoms with Gasteiger partial charge in [0.25, 0.3) is 11.8 Å². The smallest absolute Gasteiger partial charge is 0.260 e. The molecule has 1 heterocycles. The number of fused-ring (bicyclic) bond motifs is 1. The van der Waals surface area contributed by atoms with Crippen LogP contribution >= 0.6 is 0 Å². The SMILES string of the molecule is CS(=O)(=O)N(CC(=O)N/N=C\c1ccc(OCC(=O)NC[C@@H]2CCCO2)cc1)c1cccc2ccccc12. The number of rotatable bonds is 11. The number of hydrazone groups is 1. The third kappa shape index (κ3) is 7.53. The molecule has 38 heavy (non-hydrogen) atoms. The van der Waals surface area contributed by atoms with Gasteiger partial charge in [-0.25, -0.2) is 13.8 Å². The van der Waals surface area contributed by atoms with E-state index in [1.807, 2.05) is 30.3 Å². The predicted molar refractivity (Wildman–Crippen MR) is 146 cm³/mol. The van der Waals surface area contributed by atoms with Crippen molar-refractivity contribution in [2.45, 2.75) is 18.9 Å². The van der Waals surface area contributed by atoms with Crippen molar-refractivity contribution >= 4 is 44.5 Å². The molecule has 1 aliphatic heterocycles. The summed E-state index contributed by atoms with van der Waals surface area (Å²) < 4.78 is 37.0. The normalized spacial score (nSPS) is 15.4. The van der Waals surface area contributed by atoms with E-state index in [-0.39, 0.29) is 18.6 Å². The summed E-state index contributed by atoms with van der Waals surface area (Å²) in [6.45, 7) is 0.684. The summed E-state index contributed by atoms with van der Waals surface area (Å²) in [5.74, 6) is -0.300. The summed E-state index contributed by atoms with van der Waals surface area (Å²) >= 11 is 0. The van der Waals surface area contributed by atoms with Crippen molar-refractivity contribution in [3.05, 3.63) is 72.3 Å². The second-order valence-electron chi connectivity index (χ2n) is 8.86. The second-order valence-corrected chi connectivity index (χ2v) is 10.8. The Morgan fingerprint density at radius 2 is 1.84 bits per heavy atom. The zero-order valence-corrected chi connectivity index (χ0v) is 21.8. The first-order valence-electron chi connectivity index (χ1n) is 12.2. The van der Waals surface area contributed by atoms with Gasteiger partial charge in [-0.05, 0) is 54.1 Å². The van der Waals surface area contributed by atoms with E-state index in [2.05, 4.69) is 15.8 Å². The second kappa shape index (κ2) is 12.5. The molecule has 0 aromatic heterocycles. The van der Waals surface area contributed by atoms with Gasteiger partial charge in [0.1, 0.15) is 12.3 Å². The summed E-state index contributed by atoms with van der Waals surface area (Å²) in [6.07, 6.45) is 4.53. The molecule has 0 bridgehead atoms. The number of ether oxygens (including phenoxy) is 2. The van der Waals surface area contributed by atoms with Crippen LogP contribution < -0.4 is 19.8 Å². The molecule has 2 amide bonds. The van der Waals surface area contributed by atoms with Gasteiger partial charge in [0.05, 0.1) is 24.3 Å². The lowest BCUT2D eigenvalue weighted by Crippen LogP contribution is -2.39. The predicted octanol–water partition coefficient (Wildman–Crippen LogP) is 2.43. The number of hydrogen-bond acceptors (Lipinski definition) is 7. The Morgan fingerprint density at radius 3 is 2.58 bits per heavy atom. The molecule has 1 fully saturated rings. The highest BCUT2D eigenvalue weighted by Crippen LogP contribution is 2.28. The van der Waals surface area contributed by atoms with E-state index in [1.165, 1.54) is 6.21 Å². The fourth-order valence-corrected chi connectivity index (χ4v) is 4.90. The van der Waals surface area contributed by atoms with Gasteiger partial charge in [-0.1, -0.05) is 36.4 Å². The topological polar surface area (TPSA) is 126 Å². The number of nitrogens with one attached hydrogen (secondary N) is 2. The first-order valence-corrected chi connectivity index (χ1v) is 14.0. The highest BCUT2D eigenvalue weighted by molar-refractivity contribution is 7.92. The van der Waals surface area contributed by atoms with Crippen molar-refractivity contribution in [2.24, 2.45) is 5.10 Å². The van der Waals surface area contributed by atoms with E-state index in [0.717, 1.165) is 40.8 Å². The average molecular weight is 539 g/mol. The summed E-state index contributed by atoms with van der Waals surface area (Å²) in [5, 5.41) is 8.32. The van der Waals surface area contributed by atoms with Crippen molar-refractivity contribution in [1.82, 2.24) is 10.7 Å². The molecule has 10 nitrogen and oxygen atoms in total. The molecule has 0 aliphatic carbocycles. The number of carbonyl (C=O) groups is 2. The van der Waals surface area contributed by atoms with E-state index < -0.39 is 22.5 Å². The van der Waals surface area contributed by atoms with Gasteiger partial charge < -0.3 is 14.8 Å². The zero-order chi connectivity index (χ0) is 27.0. The number of amides is 2. The fraction of sp³-hybridized carbons (Fsp3) is 0.296. The van der Waals surface area contributed by atoms with Gasteiger partial charge >= 0.3 is 0 Å². The molecule has 0 saturated carbocycles. The molecule has 1 saturated heterocycles. The molecule has 1 aliphatic rings. The molecule has 3 aromatic carbocycles. The van der Waals surface area contributed by atoms with Crippen LogP contribution in [-0.4, -0.2) is 65.1 Å². The van der Waals surface area contributed by atoms with Crippen LogP contribution in [0.2, 0.25) is 0 Å². The van der Waals surface area contributed by atoms with Gasteiger partial charge in [0.15, 0.2) is 6.61 Å². The van der Waals surface area contributed by atoms with Crippen molar-refractivity contribution in [2.75, 3.05) is 36.9 Å². The van der Waals surface area contributed by atoms with Gasteiger partial charge in [-0.2, -0.15) is 5.10 Å². The van der Waals surface area contributed by atoms with Crippen LogP contribution in [-0.2, 0) is 24.3 Å². The number of benzene rings is 3. The highest BCUT2D eigenvalue weighted by atomic mass is 32.2. The molecule has 11 heteroatoms.